The minimum Gasteiger partial charge on any atom is -0.507 e. The lowest BCUT2D eigenvalue weighted by Crippen LogP contribution is -2.16. The summed E-state index contributed by atoms with van der Waals surface area (Å²) in [6.45, 7) is 5.08. The summed E-state index contributed by atoms with van der Waals surface area (Å²) in [5.74, 6) is 2.79. The molecule has 2 aromatic heterocycles. The van der Waals surface area contributed by atoms with Crippen LogP contribution in [0.2, 0.25) is 0 Å². The number of ether oxygens (including phenoxy) is 2. The van der Waals surface area contributed by atoms with Crippen molar-refractivity contribution in [2.45, 2.75) is 33.1 Å². The highest BCUT2D eigenvalue weighted by atomic mass is 16.5. The van der Waals surface area contributed by atoms with Gasteiger partial charge in [-0.15, -0.1) is 0 Å². The number of anilines is 2. The summed E-state index contributed by atoms with van der Waals surface area (Å²) in [6, 6.07) is 3.63. The molecule has 37 heavy (non-hydrogen) atoms. The third-order valence-corrected chi connectivity index (χ3v) is 6.16. The van der Waals surface area contributed by atoms with Gasteiger partial charge < -0.3 is 30.3 Å². The first-order valence-electron chi connectivity index (χ1n) is 12.4. The number of allylic oxidation sites excluding steroid dienone is 2. The summed E-state index contributed by atoms with van der Waals surface area (Å²) in [6.07, 6.45) is 13.2. The Balaban J connectivity index is 1.88. The summed E-state index contributed by atoms with van der Waals surface area (Å²) >= 11 is 0. The van der Waals surface area contributed by atoms with E-state index in [1.807, 2.05) is 37.3 Å². The van der Waals surface area contributed by atoms with Crippen molar-refractivity contribution in [1.29, 1.82) is 0 Å². The standard InChI is InChI=1S/C28H37N5O4/c1-5-20(18-34)10-13-30-27-26(25(35)16-21-8-11-29-12-9-21)19(2)32-28(33-27)31-17-22-14-23(36-3)6-7-24(15-22)37-4/h6,8-9,11-12,14-16,20,34-35H,5,7,10,13,17-18H2,1-4H3,(H2,30,31,32,33)/b25-16-. The maximum absolute atomic E-state index is 11.0. The van der Waals surface area contributed by atoms with Gasteiger partial charge in [0, 0.05) is 38.5 Å². The Morgan fingerprint density at radius 1 is 1.14 bits per heavy atom. The minimum atomic E-state index is 0.0565. The predicted molar refractivity (Wildman–Crippen MR) is 147 cm³/mol. The number of hydrogen-bond acceptors (Lipinski definition) is 9. The van der Waals surface area contributed by atoms with Gasteiger partial charge in [0.1, 0.15) is 17.3 Å². The fraction of sp³-hybridized carbons (Fsp3) is 0.393. The first-order chi connectivity index (χ1) is 18.0. The Bertz CT molecular complexity index is 1150. The largest absolute Gasteiger partial charge is 0.507 e. The quantitative estimate of drug-likeness (QED) is 0.282. The van der Waals surface area contributed by atoms with Crippen molar-refractivity contribution < 1.29 is 19.7 Å². The Morgan fingerprint density at radius 2 is 1.92 bits per heavy atom. The predicted octanol–water partition coefficient (Wildman–Crippen LogP) is 4.86. The van der Waals surface area contributed by atoms with Crippen molar-refractivity contribution in [2.24, 2.45) is 5.92 Å². The zero-order valence-electron chi connectivity index (χ0n) is 22.0. The fourth-order valence-corrected chi connectivity index (χ4v) is 3.91. The average molecular weight is 508 g/mol. The summed E-state index contributed by atoms with van der Waals surface area (Å²) in [7, 11) is 3.29. The van der Waals surface area contributed by atoms with Gasteiger partial charge in [-0.2, -0.15) is 4.98 Å². The van der Waals surface area contributed by atoms with E-state index < -0.39 is 0 Å². The molecule has 0 radical (unpaired) electrons. The van der Waals surface area contributed by atoms with E-state index in [0.717, 1.165) is 35.5 Å². The normalized spacial score (nSPS) is 14.6. The van der Waals surface area contributed by atoms with Crippen LogP contribution in [-0.4, -0.2) is 59.1 Å². The Kier molecular flexibility index (Phi) is 10.5. The van der Waals surface area contributed by atoms with Gasteiger partial charge in [0.25, 0.3) is 0 Å². The Hall–Kier alpha value is -3.85. The minimum absolute atomic E-state index is 0.0565. The molecule has 1 aliphatic carbocycles. The number of aromatic nitrogens is 3. The van der Waals surface area contributed by atoms with Crippen molar-refractivity contribution in [1.82, 2.24) is 15.0 Å². The van der Waals surface area contributed by atoms with Crippen molar-refractivity contribution in [3.05, 3.63) is 76.7 Å². The molecule has 9 nitrogen and oxygen atoms in total. The van der Waals surface area contributed by atoms with Gasteiger partial charge >= 0.3 is 0 Å². The summed E-state index contributed by atoms with van der Waals surface area (Å²) < 4.78 is 10.9. The van der Waals surface area contributed by atoms with E-state index >= 15 is 0 Å². The summed E-state index contributed by atoms with van der Waals surface area (Å²) in [5, 5.41) is 27.2. The smallest absolute Gasteiger partial charge is 0.225 e. The van der Waals surface area contributed by atoms with E-state index in [1.54, 1.807) is 32.7 Å². The van der Waals surface area contributed by atoms with Crippen molar-refractivity contribution >= 4 is 23.6 Å². The molecule has 0 amide bonds. The third-order valence-electron chi connectivity index (χ3n) is 6.16. The highest BCUT2D eigenvalue weighted by Gasteiger charge is 2.17. The maximum atomic E-state index is 11.0. The van der Waals surface area contributed by atoms with Gasteiger partial charge in [-0.05, 0) is 66.8 Å². The monoisotopic (exact) mass is 507 g/mol. The van der Waals surface area contributed by atoms with Crippen LogP contribution in [-0.2, 0) is 9.47 Å². The molecule has 3 rings (SSSR count). The van der Waals surface area contributed by atoms with Crippen LogP contribution in [0.25, 0.3) is 11.8 Å². The van der Waals surface area contributed by atoms with Crippen LogP contribution in [0.4, 0.5) is 11.8 Å². The van der Waals surface area contributed by atoms with Crippen LogP contribution in [0, 0.1) is 12.8 Å². The van der Waals surface area contributed by atoms with Crippen molar-refractivity contribution in [3.63, 3.8) is 0 Å². The zero-order valence-corrected chi connectivity index (χ0v) is 22.0. The van der Waals surface area contributed by atoms with E-state index in [1.165, 1.54) is 0 Å². The molecule has 2 heterocycles. The van der Waals surface area contributed by atoms with Crippen molar-refractivity contribution in [3.8, 4) is 0 Å². The van der Waals surface area contributed by atoms with E-state index in [2.05, 4.69) is 27.5 Å². The van der Waals surface area contributed by atoms with Crippen LogP contribution in [0.3, 0.4) is 0 Å². The molecule has 2 aromatic rings. The van der Waals surface area contributed by atoms with Crippen LogP contribution in [0.1, 0.15) is 43.0 Å². The summed E-state index contributed by atoms with van der Waals surface area (Å²) in [5.41, 5.74) is 2.92. The molecule has 9 heteroatoms. The number of methoxy groups -OCH3 is 2. The molecule has 0 fully saturated rings. The average Bonchev–Trinajstić information content (AvgIpc) is 3.12. The molecule has 198 valence electrons. The number of aryl methyl sites for hydroxylation is 1. The third kappa shape index (κ3) is 8.08. The number of aliphatic hydroxyl groups is 2. The lowest BCUT2D eigenvalue weighted by atomic mass is 10.0. The topological polar surface area (TPSA) is 122 Å². The molecule has 0 saturated carbocycles. The lowest BCUT2D eigenvalue weighted by molar-refractivity contribution is 0.217. The molecule has 0 saturated heterocycles. The fourth-order valence-electron chi connectivity index (χ4n) is 3.91. The van der Waals surface area contributed by atoms with Gasteiger partial charge in [0.05, 0.1) is 31.2 Å². The SMILES string of the molecule is CCC(CO)CCNc1nc(NCC2=CC(OC)=CCC(OC)=C2)nc(C)c1/C(O)=C/c1ccncc1. The second-order valence-electron chi connectivity index (χ2n) is 8.74. The van der Waals surface area contributed by atoms with Gasteiger partial charge in [-0.3, -0.25) is 4.98 Å². The van der Waals surface area contributed by atoms with E-state index in [9.17, 15) is 10.2 Å². The summed E-state index contributed by atoms with van der Waals surface area (Å²) in [4.78, 5) is 13.3. The Morgan fingerprint density at radius 3 is 2.59 bits per heavy atom. The first-order valence-corrected chi connectivity index (χ1v) is 12.4. The first kappa shape index (κ1) is 27.7. The molecule has 4 N–H and O–H groups in total. The number of hydrogen-bond donors (Lipinski definition) is 4. The molecule has 1 atom stereocenters. The molecular formula is C28H37N5O4. The second-order valence-corrected chi connectivity index (χ2v) is 8.74. The number of nitrogens with one attached hydrogen (secondary N) is 2. The van der Waals surface area contributed by atoms with Crippen LogP contribution in [0.15, 0.2) is 59.8 Å². The van der Waals surface area contributed by atoms with E-state index in [0.29, 0.717) is 42.5 Å². The van der Waals surface area contributed by atoms with Gasteiger partial charge in [0.2, 0.25) is 5.95 Å². The molecule has 1 unspecified atom stereocenters. The molecule has 0 bridgehead atoms. The number of rotatable bonds is 13. The number of pyridine rings is 1. The van der Waals surface area contributed by atoms with E-state index in [-0.39, 0.29) is 18.3 Å². The lowest BCUT2D eigenvalue weighted by Gasteiger charge is -2.17. The highest BCUT2D eigenvalue weighted by molar-refractivity contribution is 5.82. The number of nitrogens with zero attached hydrogens (tertiary/aromatic N) is 3. The molecule has 0 aromatic carbocycles. The van der Waals surface area contributed by atoms with Gasteiger partial charge in [0.15, 0.2) is 0 Å². The van der Waals surface area contributed by atoms with Gasteiger partial charge in [-0.1, -0.05) is 13.3 Å². The second kappa shape index (κ2) is 14.0. The van der Waals surface area contributed by atoms with Gasteiger partial charge in [-0.25, -0.2) is 4.98 Å². The van der Waals surface area contributed by atoms with Crippen LogP contribution in [0.5, 0.6) is 0 Å². The highest BCUT2D eigenvalue weighted by Crippen LogP contribution is 2.27. The van der Waals surface area contributed by atoms with E-state index in [4.69, 9.17) is 14.5 Å². The molecule has 1 aliphatic rings. The molecular weight excluding hydrogens is 470 g/mol. The molecule has 0 spiro atoms. The molecule has 0 aliphatic heterocycles. The van der Waals surface area contributed by atoms with Crippen molar-refractivity contribution in [2.75, 3.05) is 44.5 Å². The van der Waals surface area contributed by atoms with Crippen LogP contribution >= 0.6 is 0 Å². The van der Waals surface area contributed by atoms with Crippen LogP contribution < -0.4 is 10.6 Å². The maximum Gasteiger partial charge on any atom is 0.225 e. The zero-order chi connectivity index (χ0) is 26.6. The Labute approximate surface area is 218 Å². The number of aliphatic hydroxyl groups excluding tert-OH is 2.